The Labute approximate surface area is 127 Å². The van der Waals surface area contributed by atoms with E-state index in [0.29, 0.717) is 0 Å². The van der Waals surface area contributed by atoms with Crippen molar-refractivity contribution in [1.82, 2.24) is 0 Å². The van der Waals surface area contributed by atoms with Crippen LogP contribution in [0, 0.1) is 0 Å². The number of aliphatic hydroxyl groups excluding tert-OH is 4. The van der Waals surface area contributed by atoms with Crippen LogP contribution in [0.5, 0.6) is 0 Å². The van der Waals surface area contributed by atoms with Gasteiger partial charge in [-0.2, -0.15) is 0 Å². The van der Waals surface area contributed by atoms with E-state index in [4.69, 9.17) is 20.4 Å². The van der Waals surface area contributed by atoms with Gasteiger partial charge in [-0.3, -0.25) is 0 Å². The van der Waals surface area contributed by atoms with Gasteiger partial charge in [0.1, 0.15) is 18.3 Å². The Bertz CT molecular complexity index is 572. The number of aliphatic hydroxyl groups is 4. The fraction of sp³-hybridized carbons (Fsp3) is 0.333. The summed E-state index contributed by atoms with van der Waals surface area (Å²) in [5.74, 6) is 0. The van der Waals surface area contributed by atoms with Crippen LogP contribution in [-0.4, -0.2) is 51.6 Å². The van der Waals surface area contributed by atoms with E-state index in [9.17, 15) is 0 Å². The second kappa shape index (κ2) is 7.22. The third kappa shape index (κ3) is 3.94. The zero-order valence-corrected chi connectivity index (χ0v) is 12.1. The SMILES string of the molecule is O[C@@H]1[C@@H](O)[C@H](O)OC[C@H]1O.Sc1cccc2ccccc12. The Hall–Kier alpha value is -1.15. The number of rotatable bonds is 0. The average molecular weight is 310 g/mol. The van der Waals surface area contributed by atoms with Crippen molar-refractivity contribution in [2.75, 3.05) is 6.61 Å². The molecule has 4 N–H and O–H groups in total. The molecule has 3 rings (SSSR count). The maximum atomic E-state index is 8.88. The standard InChI is InChI=1S/C10H8S.C5H10O5/c11-10-7-3-5-8-4-1-2-6-9(8)10;6-2-1-10-5(9)4(8)3(2)7/h1-7,11H;2-9H,1H2/t;2-,3+,4-,5-/m.1/s1. The van der Waals surface area contributed by atoms with Gasteiger partial charge in [0.25, 0.3) is 0 Å². The fourth-order valence-electron chi connectivity index (χ4n) is 2.00. The molecule has 0 amide bonds. The van der Waals surface area contributed by atoms with Crippen LogP contribution in [0.3, 0.4) is 0 Å². The number of thiol groups is 1. The van der Waals surface area contributed by atoms with Gasteiger partial charge in [-0.15, -0.1) is 12.6 Å². The maximum Gasteiger partial charge on any atom is 0.183 e. The highest BCUT2D eigenvalue weighted by Gasteiger charge is 2.36. The quantitative estimate of drug-likeness (QED) is 0.458. The van der Waals surface area contributed by atoms with E-state index in [-0.39, 0.29) is 6.61 Å². The highest BCUT2D eigenvalue weighted by Crippen LogP contribution is 2.20. The first-order valence-electron chi connectivity index (χ1n) is 6.51. The summed E-state index contributed by atoms with van der Waals surface area (Å²) >= 11 is 4.35. The molecule has 1 heterocycles. The molecule has 0 spiro atoms. The minimum Gasteiger partial charge on any atom is -0.388 e. The lowest BCUT2D eigenvalue weighted by molar-refractivity contribution is -0.252. The highest BCUT2D eigenvalue weighted by atomic mass is 32.1. The summed E-state index contributed by atoms with van der Waals surface area (Å²) in [4.78, 5) is 1.04. The first-order valence-corrected chi connectivity index (χ1v) is 6.96. The minimum absolute atomic E-state index is 0.153. The zero-order chi connectivity index (χ0) is 15.4. The normalized spacial score (nSPS) is 28.8. The van der Waals surface area contributed by atoms with Gasteiger partial charge < -0.3 is 25.2 Å². The van der Waals surface area contributed by atoms with Crippen molar-refractivity contribution in [3.63, 3.8) is 0 Å². The lowest BCUT2D eigenvalue weighted by Gasteiger charge is -2.31. The monoisotopic (exact) mass is 310 g/mol. The van der Waals surface area contributed by atoms with E-state index in [0.717, 1.165) is 4.90 Å². The van der Waals surface area contributed by atoms with E-state index < -0.39 is 24.6 Å². The van der Waals surface area contributed by atoms with E-state index in [1.54, 1.807) is 0 Å². The van der Waals surface area contributed by atoms with Gasteiger partial charge in [0.2, 0.25) is 0 Å². The van der Waals surface area contributed by atoms with Crippen molar-refractivity contribution >= 4 is 23.4 Å². The molecule has 21 heavy (non-hydrogen) atoms. The molecule has 4 atom stereocenters. The summed E-state index contributed by atoms with van der Waals surface area (Å²) in [6.45, 7) is -0.153. The van der Waals surface area contributed by atoms with Gasteiger partial charge in [-0.1, -0.05) is 36.4 Å². The van der Waals surface area contributed by atoms with Gasteiger partial charge in [-0.05, 0) is 16.8 Å². The first kappa shape index (κ1) is 16.2. The second-order valence-electron chi connectivity index (χ2n) is 4.77. The van der Waals surface area contributed by atoms with Crippen LogP contribution in [0.4, 0.5) is 0 Å². The van der Waals surface area contributed by atoms with Crippen LogP contribution in [0.25, 0.3) is 10.8 Å². The summed E-state index contributed by atoms with van der Waals surface area (Å²) in [7, 11) is 0. The summed E-state index contributed by atoms with van der Waals surface area (Å²) < 4.78 is 4.47. The van der Waals surface area contributed by atoms with E-state index in [1.165, 1.54) is 10.8 Å². The number of ether oxygens (including phenoxy) is 1. The molecule has 114 valence electrons. The molecule has 2 aromatic rings. The van der Waals surface area contributed by atoms with Crippen molar-refractivity contribution < 1.29 is 25.2 Å². The molecule has 2 aromatic carbocycles. The summed E-state index contributed by atoms with van der Waals surface area (Å²) in [5.41, 5.74) is 0. The van der Waals surface area contributed by atoms with Crippen LogP contribution in [0.1, 0.15) is 0 Å². The Morgan fingerprint density at radius 1 is 0.905 bits per heavy atom. The molecule has 1 fully saturated rings. The van der Waals surface area contributed by atoms with Crippen molar-refractivity contribution in [1.29, 1.82) is 0 Å². The van der Waals surface area contributed by atoms with Crippen LogP contribution in [0.2, 0.25) is 0 Å². The van der Waals surface area contributed by atoms with Crippen molar-refractivity contribution in [2.24, 2.45) is 0 Å². The van der Waals surface area contributed by atoms with Crippen LogP contribution >= 0.6 is 12.6 Å². The molecule has 1 aliphatic heterocycles. The third-order valence-electron chi connectivity index (χ3n) is 3.24. The zero-order valence-electron chi connectivity index (χ0n) is 11.2. The Morgan fingerprint density at radius 2 is 1.57 bits per heavy atom. The minimum atomic E-state index is -1.41. The number of benzene rings is 2. The van der Waals surface area contributed by atoms with Crippen LogP contribution in [0.15, 0.2) is 47.4 Å². The van der Waals surface area contributed by atoms with Crippen LogP contribution < -0.4 is 0 Å². The summed E-state index contributed by atoms with van der Waals surface area (Å²) in [6, 6.07) is 14.4. The number of hydrogen-bond donors (Lipinski definition) is 5. The van der Waals surface area contributed by atoms with E-state index >= 15 is 0 Å². The molecule has 0 bridgehead atoms. The molecule has 0 radical (unpaired) electrons. The van der Waals surface area contributed by atoms with Gasteiger partial charge in [0, 0.05) is 4.90 Å². The molecule has 0 aromatic heterocycles. The predicted octanol–water partition coefficient (Wildman–Crippen LogP) is 0.546. The maximum absolute atomic E-state index is 8.88. The fourth-order valence-corrected chi connectivity index (χ4v) is 2.29. The van der Waals surface area contributed by atoms with Gasteiger partial charge >= 0.3 is 0 Å². The molecule has 1 aliphatic rings. The van der Waals surface area contributed by atoms with Gasteiger partial charge in [0.05, 0.1) is 6.61 Å². The van der Waals surface area contributed by atoms with Gasteiger partial charge in [0.15, 0.2) is 6.29 Å². The van der Waals surface area contributed by atoms with Crippen molar-refractivity contribution in [3.8, 4) is 0 Å². The largest absolute Gasteiger partial charge is 0.388 e. The Kier molecular flexibility index (Phi) is 5.58. The Balaban J connectivity index is 0.000000155. The highest BCUT2D eigenvalue weighted by molar-refractivity contribution is 7.80. The predicted molar refractivity (Wildman–Crippen MR) is 81.2 cm³/mol. The van der Waals surface area contributed by atoms with Crippen molar-refractivity contribution in [3.05, 3.63) is 42.5 Å². The molecule has 0 aliphatic carbocycles. The van der Waals surface area contributed by atoms with Crippen LogP contribution in [-0.2, 0) is 4.74 Å². The molecule has 0 saturated carbocycles. The number of fused-ring (bicyclic) bond motifs is 1. The molecule has 6 heteroatoms. The third-order valence-corrected chi connectivity index (χ3v) is 3.63. The van der Waals surface area contributed by atoms with Crippen molar-refractivity contribution in [2.45, 2.75) is 29.5 Å². The summed E-state index contributed by atoms with van der Waals surface area (Å²) in [6.07, 6.45) is -5.23. The lowest BCUT2D eigenvalue weighted by Crippen LogP contribution is -2.52. The number of hydrogen-bond acceptors (Lipinski definition) is 6. The molecule has 1 saturated heterocycles. The summed E-state index contributed by atoms with van der Waals surface area (Å²) in [5, 5.41) is 37.7. The molecule has 0 unspecified atom stereocenters. The van der Waals surface area contributed by atoms with E-state index in [1.807, 2.05) is 24.3 Å². The molecular weight excluding hydrogens is 292 g/mol. The smallest absolute Gasteiger partial charge is 0.183 e. The van der Waals surface area contributed by atoms with Gasteiger partial charge in [-0.25, -0.2) is 0 Å². The second-order valence-corrected chi connectivity index (χ2v) is 5.25. The average Bonchev–Trinajstić information content (AvgIpc) is 2.50. The van der Waals surface area contributed by atoms with E-state index in [2.05, 4.69) is 35.6 Å². The first-order chi connectivity index (χ1) is 10.0. The molecule has 5 nitrogen and oxygen atoms in total. The molecular formula is C15H18O5S. The topological polar surface area (TPSA) is 90.2 Å². The Morgan fingerprint density at radius 3 is 2.24 bits per heavy atom. The lowest BCUT2D eigenvalue weighted by atomic mass is 10.1.